The first-order valence-electron chi connectivity index (χ1n) is 6.71. The molecular weight excluding hydrogens is 258 g/mol. The molecule has 2 aromatic rings. The SMILES string of the molecule is NC[C@H]1CC[C@@H](c2nc(COc3ccccc3)no2)O1. The second-order valence-corrected chi connectivity index (χ2v) is 4.71. The quantitative estimate of drug-likeness (QED) is 0.896. The van der Waals surface area contributed by atoms with Gasteiger partial charge in [-0.25, -0.2) is 0 Å². The van der Waals surface area contributed by atoms with Gasteiger partial charge < -0.3 is 19.7 Å². The molecule has 1 fully saturated rings. The molecule has 0 unspecified atom stereocenters. The third kappa shape index (κ3) is 2.97. The summed E-state index contributed by atoms with van der Waals surface area (Å²) in [4.78, 5) is 4.31. The largest absolute Gasteiger partial charge is 0.485 e. The van der Waals surface area contributed by atoms with Crippen LogP contribution in [-0.2, 0) is 11.3 Å². The Morgan fingerprint density at radius 2 is 2.10 bits per heavy atom. The Balaban J connectivity index is 1.57. The molecular formula is C14H17N3O3. The van der Waals surface area contributed by atoms with Crippen molar-refractivity contribution in [1.29, 1.82) is 0 Å². The van der Waals surface area contributed by atoms with Crippen LogP contribution in [0.15, 0.2) is 34.9 Å². The van der Waals surface area contributed by atoms with Crippen LogP contribution in [0.25, 0.3) is 0 Å². The molecule has 6 heteroatoms. The first kappa shape index (κ1) is 13.1. The maximum atomic E-state index is 5.71. The van der Waals surface area contributed by atoms with Gasteiger partial charge in [0.15, 0.2) is 6.61 Å². The number of hydrogen-bond donors (Lipinski definition) is 1. The summed E-state index contributed by atoms with van der Waals surface area (Å²) < 4.78 is 16.5. The van der Waals surface area contributed by atoms with Gasteiger partial charge >= 0.3 is 0 Å². The minimum Gasteiger partial charge on any atom is -0.485 e. The van der Waals surface area contributed by atoms with E-state index in [0.717, 1.165) is 18.6 Å². The third-order valence-corrected chi connectivity index (χ3v) is 3.24. The molecule has 2 atom stereocenters. The lowest BCUT2D eigenvalue weighted by Crippen LogP contribution is -2.18. The molecule has 0 saturated carbocycles. The van der Waals surface area contributed by atoms with E-state index in [4.69, 9.17) is 19.7 Å². The summed E-state index contributed by atoms with van der Waals surface area (Å²) in [5.74, 6) is 1.80. The van der Waals surface area contributed by atoms with Crippen molar-refractivity contribution in [2.75, 3.05) is 6.54 Å². The summed E-state index contributed by atoms with van der Waals surface area (Å²) in [6, 6.07) is 9.52. The molecule has 1 aromatic heterocycles. The number of aromatic nitrogens is 2. The molecule has 2 N–H and O–H groups in total. The number of hydrogen-bond acceptors (Lipinski definition) is 6. The molecule has 1 saturated heterocycles. The minimum absolute atomic E-state index is 0.0934. The standard InChI is InChI=1S/C14H17N3O3/c15-8-11-6-7-12(19-11)14-16-13(17-20-14)9-18-10-4-2-1-3-5-10/h1-5,11-12H,6-9,15H2/t11-,12+/m1/s1. The van der Waals surface area contributed by atoms with E-state index in [1.807, 2.05) is 30.3 Å². The second kappa shape index (κ2) is 6.02. The van der Waals surface area contributed by atoms with Gasteiger partial charge in [-0.1, -0.05) is 23.4 Å². The van der Waals surface area contributed by atoms with E-state index in [1.54, 1.807) is 0 Å². The van der Waals surface area contributed by atoms with Crippen molar-refractivity contribution in [1.82, 2.24) is 10.1 Å². The second-order valence-electron chi connectivity index (χ2n) is 4.71. The molecule has 3 rings (SSSR count). The predicted octanol–water partition coefficient (Wildman–Crippen LogP) is 1.83. The fourth-order valence-electron chi connectivity index (χ4n) is 2.18. The average molecular weight is 275 g/mol. The van der Waals surface area contributed by atoms with Crippen LogP contribution < -0.4 is 10.5 Å². The van der Waals surface area contributed by atoms with E-state index >= 15 is 0 Å². The maximum Gasteiger partial charge on any atom is 0.255 e. The maximum absolute atomic E-state index is 5.71. The van der Waals surface area contributed by atoms with E-state index in [0.29, 0.717) is 18.3 Å². The molecule has 0 aliphatic carbocycles. The van der Waals surface area contributed by atoms with Crippen molar-refractivity contribution in [3.05, 3.63) is 42.0 Å². The van der Waals surface area contributed by atoms with Crippen LogP contribution in [-0.4, -0.2) is 22.8 Å². The highest BCUT2D eigenvalue weighted by atomic mass is 16.5. The number of rotatable bonds is 5. The summed E-state index contributed by atoms with van der Waals surface area (Å²) in [5, 5.41) is 3.90. The molecule has 0 radical (unpaired) electrons. The highest BCUT2D eigenvalue weighted by molar-refractivity contribution is 5.20. The molecule has 6 nitrogen and oxygen atoms in total. The molecule has 1 aliphatic heterocycles. The fraction of sp³-hybridized carbons (Fsp3) is 0.429. The molecule has 0 amide bonds. The molecule has 0 bridgehead atoms. The zero-order chi connectivity index (χ0) is 13.8. The summed E-state index contributed by atoms with van der Waals surface area (Å²) in [7, 11) is 0. The van der Waals surface area contributed by atoms with Gasteiger partial charge in [-0.15, -0.1) is 0 Å². The zero-order valence-corrected chi connectivity index (χ0v) is 11.1. The highest BCUT2D eigenvalue weighted by Gasteiger charge is 2.29. The first-order chi connectivity index (χ1) is 9.85. The molecule has 1 aliphatic rings. The van der Waals surface area contributed by atoms with Gasteiger partial charge in [-0.05, 0) is 25.0 Å². The number of nitrogens with zero attached hydrogens (tertiary/aromatic N) is 2. The topological polar surface area (TPSA) is 83.4 Å². The Kier molecular flexibility index (Phi) is 3.94. The Labute approximate surface area is 116 Å². The van der Waals surface area contributed by atoms with Crippen LogP contribution in [0, 0.1) is 0 Å². The van der Waals surface area contributed by atoms with Gasteiger partial charge in [-0.3, -0.25) is 0 Å². The van der Waals surface area contributed by atoms with Crippen LogP contribution in [0.4, 0.5) is 0 Å². The van der Waals surface area contributed by atoms with Crippen LogP contribution in [0.3, 0.4) is 0 Å². The molecule has 106 valence electrons. The third-order valence-electron chi connectivity index (χ3n) is 3.24. The van der Waals surface area contributed by atoms with E-state index in [1.165, 1.54) is 0 Å². The zero-order valence-electron chi connectivity index (χ0n) is 11.1. The Morgan fingerprint density at radius 3 is 2.85 bits per heavy atom. The highest BCUT2D eigenvalue weighted by Crippen LogP contribution is 2.31. The van der Waals surface area contributed by atoms with Crippen LogP contribution >= 0.6 is 0 Å². The van der Waals surface area contributed by atoms with Crippen molar-refractivity contribution in [2.45, 2.75) is 31.7 Å². The van der Waals surface area contributed by atoms with Crippen molar-refractivity contribution < 1.29 is 14.0 Å². The van der Waals surface area contributed by atoms with Crippen molar-refractivity contribution >= 4 is 0 Å². The van der Waals surface area contributed by atoms with Gasteiger partial charge in [0.1, 0.15) is 11.9 Å². The van der Waals surface area contributed by atoms with Gasteiger partial charge in [0.25, 0.3) is 5.89 Å². The number of nitrogens with two attached hydrogens (primary N) is 1. The van der Waals surface area contributed by atoms with Gasteiger partial charge in [0.2, 0.25) is 5.82 Å². The molecule has 20 heavy (non-hydrogen) atoms. The average Bonchev–Trinajstić information content (AvgIpc) is 3.15. The van der Waals surface area contributed by atoms with E-state index in [9.17, 15) is 0 Å². The Bertz CT molecular complexity index is 544. The summed E-state index contributed by atoms with van der Waals surface area (Å²) >= 11 is 0. The number of benzene rings is 1. The Hall–Kier alpha value is -1.92. The summed E-state index contributed by atoms with van der Waals surface area (Å²) in [5.41, 5.74) is 5.58. The summed E-state index contributed by atoms with van der Waals surface area (Å²) in [6.07, 6.45) is 1.75. The van der Waals surface area contributed by atoms with Crippen molar-refractivity contribution in [3.8, 4) is 5.75 Å². The lowest BCUT2D eigenvalue weighted by Gasteiger charge is -2.07. The fourth-order valence-corrected chi connectivity index (χ4v) is 2.18. The minimum atomic E-state index is -0.137. The molecule has 1 aromatic carbocycles. The number of para-hydroxylation sites is 1. The van der Waals surface area contributed by atoms with Crippen LogP contribution in [0.1, 0.15) is 30.7 Å². The van der Waals surface area contributed by atoms with Crippen molar-refractivity contribution in [2.24, 2.45) is 5.73 Å². The lowest BCUT2D eigenvalue weighted by molar-refractivity contribution is 0.0307. The van der Waals surface area contributed by atoms with Gasteiger partial charge in [0, 0.05) is 6.54 Å². The number of ether oxygens (including phenoxy) is 2. The lowest BCUT2D eigenvalue weighted by atomic mass is 10.2. The predicted molar refractivity (Wildman–Crippen MR) is 71.0 cm³/mol. The van der Waals surface area contributed by atoms with Gasteiger partial charge in [-0.2, -0.15) is 4.98 Å². The monoisotopic (exact) mass is 275 g/mol. The molecule has 0 spiro atoms. The first-order valence-corrected chi connectivity index (χ1v) is 6.71. The van der Waals surface area contributed by atoms with E-state index in [-0.39, 0.29) is 18.8 Å². The van der Waals surface area contributed by atoms with Crippen LogP contribution in [0.2, 0.25) is 0 Å². The van der Waals surface area contributed by atoms with Crippen molar-refractivity contribution in [3.63, 3.8) is 0 Å². The smallest absolute Gasteiger partial charge is 0.255 e. The van der Waals surface area contributed by atoms with E-state index in [2.05, 4.69) is 10.1 Å². The van der Waals surface area contributed by atoms with Gasteiger partial charge in [0.05, 0.1) is 6.10 Å². The van der Waals surface area contributed by atoms with Crippen LogP contribution in [0.5, 0.6) is 5.75 Å². The Morgan fingerprint density at radius 1 is 1.25 bits per heavy atom. The molecule has 2 heterocycles. The van der Waals surface area contributed by atoms with E-state index < -0.39 is 0 Å². The summed E-state index contributed by atoms with van der Waals surface area (Å²) in [6.45, 7) is 0.801. The normalized spacial score (nSPS) is 22.1.